The normalized spacial score (nSPS) is 10.3. The number of ether oxygens (including phenoxy) is 1. The lowest BCUT2D eigenvalue weighted by Crippen LogP contribution is -2.01. The lowest BCUT2D eigenvalue weighted by molar-refractivity contribution is 0.0697. The Morgan fingerprint density at radius 3 is 2.62 bits per heavy atom. The third kappa shape index (κ3) is 4.58. The Morgan fingerprint density at radius 1 is 1.24 bits per heavy atom. The molecule has 0 aliphatic heterocycles. The summed E-state index contributed by atoms with van der Waals surface area (Å²) in [6, 6.07) is 11.7. The molecule has 6 heteroatoms. The lowest BCUT2D eigenvalue weighted by atomic mass is 10.2. The van der Waals surface area contributed by atoms with Gasteiger partial charge < -0.3 is 15.6 Å². The number of carboxylic acid groups (broad SMARTS) is 1. The average molecular weight is 324 g/mol. The first-order valence-electron chi connectivity index (χ1n) is 6.20. The second-order valence-corrected chi connectivity index (χ2v) is 5.76. The molecule has 21 heavy (non-hydrogen) atoms. The summed E-state index contributed by atoms with van der Waals surface area (Å²) in [6.45, 7) is 0.488. The van der Waals surface area contributed by atoms with E-state index in [0.717, 1.165) is 4.90 Å². The minimum absolute atomic E-state index is 0.239. The number of hydrogen-bond acceptors (Lipinski definition) is 4. The summed E-state index contributed by atoms with van der Waals surface area (Å²) in [5.74, 6) is 0.400. The fourth-order valence-corrected chi connectivity index (χ4v) is 2.73. The summed E-state index contributed by atoms with van der Waals surface area (Å²) >= 11 is 7.62. The molecule has 2 aromatic carbocycles. The van der Waals surface area contributed by atoms with Crippen LogP contribution in [0.5, 0.6) is 5.75 Å². The van der Waals surface area contributed by atoms with Gasteiger partial charge >= 0.3 is 5.97 Å². The van der Waals surface area contributed by atoms with Gasteiger partial charge in [-0.2, -0.15) is 0 Å². The average Bonchev–Trinajstić information content (AvgIpc) is 2.47. The number of benzene rings is 2. The van der Waals surface area contributed by atoms with Crippen molar-refractivity contribution in [2.75, 3.05) is 18.1 Å². The molecule has 0 unspecified atom stereocenters. The second kappa shape index (κ2) is 7.24. The maximum atomic E-state index is 10.7. The van der Waals surface area contributed by atoms with E-state index in [-0.39, 0.29) is 5.56 Å². The molecule has 4 nitrogen and oxygen atoms in total. The first-order valence-corrected chi connectivity index (χ1v) is 7.56. The van der Waals surface area contributed by atoms with Crippen LogP contribution in [0.1, 0.15) is 10.4 Å². The Morgan fingerprint density at radius 2 is 1.95 bits per heavy atom. The van der Waals surface area contributed by atoms with Crippen molar-refractivity contribution >= 4 is 35.0 Å². The third-order valence-electron chi connectivity index (χ3n) is 2.67. The van der Waals surface area contributed by atoms with E-state index in [0.29, 0.717) is 28.8 Å². The quantitative estimate of drug-likeness (QED) is 0.480. The van der Waals surface area contributed by atoms with Crippen molar-refractivity contribution in [3.8, 4) is 5.75 Å². The molecule has 0 spiro atoms. The largest absolute Gasteiger partial charge is 0.493 e. The topological polar surface area (TPSA) is 72.5 Å². The van der Waals surface area contributed by atoms with E-state index in [9.17, 15) is 4.79 Å². The van der Waals surface area contributed by atoms with Gasteiger partial charge in [-0.15, -0.1) is 11.8 Å². The Kier molecular flexibility index (Phi) is 5.36. The number of halogens is 1. The van der Waals surface area contributed by atoms with Gasteiger partial charge in [0, 0.05) is 16.3 Å². The van der Waals surface area contributed by atoms with Crippen molar-refractivity contribution in [1.29, 1.82) is 0 Å². The molecule has 0 heterocycles. The molecule has 0 radical (unpaired) electrons. The number of hydrogen-bond donors (Lipinski definition) is 2. The van der Waals surface area contributed by atoms with Gasteiger partial charge in [0.2, 0.25) is 0 Å². The number of rotatable bonds is 6. The lowest BCUT2D eigenvalue weighted by Gasteiger charge is -2.08. The first-order chi connectivity index (χ1) is 10.1. The molecule has 2 aromatic rings. The number of carbonyl (C=O) groups is 1. The summed E-state index contributed by atoms with van der Waals surface area (Å²) in [5.41, 5.74) is 6.62. The van der Waals surface area contributed by atoms with Crippen LogP contribution >= 0.6 is 23.4 Å². The Labute approximate surface area is 131 Å². The van der Waals surface area contributed by atoms with Crippen molar-refractivity contribution in [2.45, 2.75) is 4.90 Å². The molecule has 3 N–H and O–H groups in total. The van der Waals surface area contributed by atoms with Crippen LogP contribution in [0.3, 0.4) is 0 Å². The van der Waals surface area contributed by atoms with Crippen LogP contribution in [0.4, 0.5) is 5.69 Å². The number of carboxylic acids is 1. The predicted octanol–water partition coefficient (Wildman–Crippen LogP) is 3.79. The van der Waals surface area contributed by atoms with E-state index in [1.807, 2.05) is 6.07 Å². The van der Waals surface area contributed by atoms with Crippen molar-refractivity contribution in [3.63, 3.8) is 0 Å². The molecule has 0 amide bonds. The van der Waals surface area contributed by atoms with Crippen molar-refractivity contribution in [3.05, 3.63) is 53.1 Å². The van der Waals surface area contributed by atoms with Crippen LogP contribution in [0.25, 0.3) is 0 Å². The fraction of sp³-hybridized carbons (Fsp3) is 0.133. The Balaban J connectivity index is 1.81. The smallest absolute Gasteiger partial charge is 0.335 e. The number of nitrogen functional groups attached to an aromatic ring is 1. The summed E-state index contributed by atoms with van der Waals surface area (Å²) < 4.78 is 5.54. The Hall–Kier alpha value is -1.85. The van der Waals surface area contributed by atoms with Gasteiger partial charge in [0.05, 0.1) is 17.2 Å². The standard InChI is InChI=1S/C15H14ClNO3S/c16-13-6-3-11(17)9-14(13)21-8-7-20-12-4-1-10(2-5-12)15(18)19/h1-6,9H,7-8,17H2,(H,18,19). The van der Waals surface area contributed by atoms with Gasteiger partial charge in [0.15, 0.2) is 0 Å². The Bertz CT molecular complexity index is 631. The molecule has 2 rings (SSSR count). The summed E-state index contributed by atoms with van der Waals surface area (Å²) in [6.07, 6.45) is 0. The maximum absolute atomic E-state index is 10.7. The van der Waals surface area contributed by atoms with Gasteiger partial charge in [0.25, 0.3) is 0 Å². The molecule has 0 fully saturated rings. The van der Waals surface area contributed by atoms with E-state index in [2.05, 4.69) is 0 Å². The summed E-state index contributed by atoms with van der Waals surface area (Å²) in [5, 5.41) is 9.46. The minimum Gasteiger partial charge on any atom is -0.493 e. The monoisotopic (exact) mass is 323 g/mol. The molecule has 110 valence electrons. The summed E-state index contributed by atoms with van der Waals surface area (Å²) in [4.78, 5) is 11.6. The number of aromatic carboxylic acids is 1. The van der Waals surface area contributed by atoms with Gasteiger partial charge in [-0.1, -0.05) is 11.6 Å². The van der Waals surface area contributed by atoms with Crippen molar-refractivity contribution in [1.82, 2.24) is 0 Å². The summed E-state index contributed by atoms with van der Waals surface area (Å²) in [7, 11) is 0. The third-order valence-corrected chi connectivity index (χ3v) is 4.13. The fourth-order valence-electron chi connectivity index (χ4n) is 1.64. The highest BCUT2D eigenvalue weighted by atomic mass is 35.5. The number of anilines is 1. The molecule has 0 atom stereocenters. The van der Waals surface area contributed by atoms with E-state index >= 15 is 0 Å². The number of nitrogens with two attached hydrogens (primary N) is 1. The maximum Gasteiger partial charge on any atom is 0.335 e. The molecular formula is C15H14ClNO3S. The molecule has 0 saturated heterocycles. The molecule has 0 saturated carbocycles. The molecule has 0 aromatic heterocycles. The zero-order valence-corrected chi connectivity index (χ0v) is 12.7. The van der Waals surface area contributed by atoms with Crippen LogP contribution in [-0.4, -0.2) is 23.4 Å². The first kappa shape index (κ1) is 15.5. The van der Waals surface area contributed by atoms with Gasteiger partial charge in [-0.05, 0) is 42.5 Å². The number of thioether (sulfide) groups is 1. The highest BCUT2D eigenvalue weighted by Crippen LogP contribution is 2.28. The van der Waals surface area contributed by atoms with Crippen LogP contribution < -0.4 is 10.5 Å². The van der Waals surface area contributed by atoms with E-state index in [1.165, 1.54) is 12.1 Å². The molecule has 0 aliphatic carbocycles. The van der Waals surface area contributed by atoms with Crippen LogP contribution in [0, 0.1) is 0 Å². The van der Waals surface area contributed by atoms with Crippen LogP contribution in [-0.2, 0) is 0 Å². The van der Waals surface area contributed by atoms with E-state index in [4.69, 9.17) is 27.2 Å². The van der Waals surface area contributed by atoms with Crippen LogP contribution in [0.2, 0.25) is 5.02 Å². The van der Waals surface area contributed by atoms with Gasteiger partial charge in [-0.3, -0.25) is 0 Å². The zero-order chi connectivity index (χ0) is 15.2. The molecular weight excluding hydrogens is 310 g/mol. The van der Waals surface area contributed by atoms with Crippen molar-refractivity contribution < 1.29 is 14.6 Å². The predicted molar refractivity (Wildman–Crippen MR) is 85.5 cm³/mol. The minimum atomic E-state index is -0.951. The van der Waals surface area contributed by atoms with Gasteiger partial charge in [-0.25, -0.2) is 4.79 Å². The highest BCUT2D eigenvalue weighted by Gasteiger charge is 2.04. The van der Waals surface area contributed by atoms with E-state index < -0.39 is 5.97 Å². The van der Waals surface area contributed by atoms with E-state index in [1.54, 1.807) is 36.0 Å². The second-order valence-electron chi connectivity index (χ2n) is 4.22. The zero-order valence-electron chi connectivity index (χ0n) is 11.1. The molecule has 0 bridgehead atoms. The molecule has 0 aliphatic rings. The van der Waals surface area contributed by atoms with Crippen LogP contribution in [0.15, 0.2) is 47.4 Å². The highest BCUT2D eigenvalue weighted by molar-refractivity contribution is 7.99. The van der Waals surface area contributed by atoms with Gasteiger partial charge in [0.1, 0.15) is 5.75 Å². The van der Waals surface area contributed by atoms with Crippen molar-refractivity contribution in [2.24, 2.45) is 0 Å². The SMILES string of the molecule is Nc1ccc(Cl)c(SCCOc2ccc(C(=O)O)cc2)c1.